The Kier molecular flexibility index (Phi) is 4.65. The van der Waals surface area contributed by atoms with E-state index in [0.29, 0.717) is 15.9 Å². The third-order valence-corrected chi connectivity index (χ3v) is 5.64. The molecular formula is C23H17N5OS. The van der Waals surface area contributed by atoms with Gasteiger partial charge in [-0.1, -0.05) is 30.3 Å². The summed E-state index contributed by atoms with van der Waals surface area (Å²) in [6.07, 6.45) is 5.30. The van der Waals surface area contributed by atoms with Gasteiger partial charge in [-0.05, 0) is 66.2 Å². The SMILES string of the molecule is Cc1ccc(/N=C2\S/C(=C\c3ccc4[nH]cnc4c3)C(=O)N2c2ccccc2)nc1. The normalized spacial score (nSPS) is 16.8. The quantitative estimate of drug-likeness (QED) is 0.477. The van der Waals surface area contributed by atoms with Crippen molar-refractivity contribution < 1.29 is 4.79 Å². The average Bonchev–Trinajstić information content (AvgIpc) is 3.34. The second-order valence-electron chi connectivity index (χ2n) is 6.85. The van der Waals surface area contributed by atoms with Gasteiger partial charge in [0, 0.05) is 6.20 Å². The summed E-state index contributed by atoms with van der Waals surface area (Å²) in [5.41, 5.74) is 4.56. The molecule has 146 valence electrons. The van der Waals surface area contributed by atoms with Crippen molar-refractivity contribution in [1.82, 2.24) is 15.0 Å². The lowest BCUT2D eigenvalue weighted by Gasteiger charge is -2.15. The van der Waals surface area contributed by atoms with Crippen LogP contribution < -0.4 is 4.90 Å². The predicted molar refractivity (Wildman–Crippen MR) is 122 cm³/mol. The van der Waals surface area contributed by atoms with E-state index in [1.807, 2.05) is 73.7 Å². The van der Waals surface area contributed by atoms with Crippen molar-refractivity contribution in [1.29, 1.82) is 0 Å². The Hall–Kier alpha value is -3.71. The minimum atomic E-state index is -0.112. The molecule has 1 fully saturated rings. The number of hydrogen-bond donors (Lipinski definition) is 1. The molecule has 0 bridgehead atoms. The fraction of sp³-hybridized carbons (Fsp3) is 0.0435. The third-order valence-electron chi connectivity index (χ3n) is 4.67. The van der Waals surface area contributed by atoms with Crippen molar-refractivity contribution in [3.8, 4) is 0 Å². The minimum absolute atomic E-state index is 0.112. The lowest BCUT2D eigenvalue weighted by Crippen LogP contribution is -2.28. The van der Waals surface area contributed by atoms with Gasteiger partial charge in [0.1, 0.15) is 0 Å². The molecule has 5 rings (SSSR count). The summed E-state index contributed by atoms with van der Waals surface area (Å²) in [4.78, 5) is 31.9. The zero-order chi connectivity index (χ0) is 20.5. The zero-order valence-corrected chi connectivity index (χ0v) is 16.9. The zero-order valence-electron chi connectivity index (χ0n) is 16.1. The predicted octanol–water partition coefficient (Wildman–Crippen LogP) is 5.07. The molecule has 0 aliphatic carbocycles. The van der Waals surface area contributed by atoms with E-state index < -0.39 is 0 Å². The molecule has 1 amide bonds. The fourth-order valence-electron chi connectivity index (χ4n) is 3.17. The molecule has 0 radical (unpaired) electrons. The average molecular weight is 411 g/mol. The second-order valence-corrected chi connectivity index (χ2v) is 7.86. The molecule has 4 aromatic rings. The van der Waals surface area contributed by atoms with Gasteiger partial charge in [0.25, 0.3) is 5.91 Å². The number of aryl methyl sites for hydroxylation is 1. The highest BCUT2D eigenvalue weighted by molar-refractivity contribution is 8.19. The Labute approximate surface area is 177 Å². The molecule has 3 heterocycles. The number of aromatic nitrogens is 3. The number of aromatic amines is 1. The summed E-state index contributed by atoms with van der Waals surface area (Å²) in [6.45, 7) is 1.98. The van der Waals surface area contributed by atoms with Gasteiger partial charge in [-0.25, -0.2) is 15.0 Å². The maximum Gasteiger partial charge on any atom is 0.271 e. The summed E-state index contributed by atoms with van der Waals surface area (Å²) < 4.78 is 0. The number of aliphatic imine (C=N–C) groups is 1. The van der Waals surface area contributed by atoms with Gasteiger partial charge in [-0.2, -0.15) is 0 Å². The number of carbonyl (C=O) groups is 1. The number of pyridine rings is 1. The van der Waals surface area contributed by atoms with Gasteiger partial charge in [0.05, 0.1) is 28.0 Å². The molecule has 0 unspecified atom stereocenters. The lowest BCUT2D eigenvalue weighted by atomic mass is 10.2. The van der Waals surface area contributed by atoms with Gasteiger partial charge in [-0.3, -0.25) is 9.69 Å². The number of fused-ring (bicyclic) bond motifs is 1. The molecule has 7 heteroatoms. The van der Waals surface area contributed by atoms with Crippen LogP contribution in [0.25, 0.3) is 17.1 Å². The van der Waals surface area contributed by atoms with Crippen LogP contribution in [0.3, 0.4) is 0 Å². The van der Waals surface area contributed by atoms with Crippen LogP contribution in [0.4, 0.5) is 11.5 Å². The highest BCUT2D eigenvalue weighted by atomic mass is 32.2. The van der Waals surface area contributed by atoms with E-state index in [0.717, 1.165) is 27.8 Å². The van der Waals surface area contributed by atoms with Gasteiger partial charge < -0.3 is 4.98 Å². The van der Waals surface area contributed by atoms with E-state index in [-0.39, 0.29) is 5.91 Å². The van der Waals surface area contributed by atoms with Gasteiger partial charge in [0.15, 0.2) is 11.0 Å². The van der Waals surface area contributed by atoms with Crippen molar-refractivity contribution >= 4 is 51.5 Å². The Morgan fingerprint density at radius 1 is 1.07 bits per heavy atom. The van der Waals surface area contributed by atoms with Crippen LogP contribution >= 0.6 is 11.8 Å². The van der Waals surface area contributed by atoms with Crippen LogP contribution in [0.2, 0.25) is 0 Å². The monoisotopic (exact) mass is 411 g/mol. The molecule has 1 aliphatic rings. The van der Waals surface area contributed by atoms with Crippen LogP contribution in [0.15, 0.2) is 83.1 Å². The van der Waals surface area contributed by atoms with Crippen LogP contribution in [-0.2, 0) is 4.79 Å². The van der Waals surface area contributed by atoms with Crippen molar-refractivity contribution in [2.75, 3.05) is 4.90 Å². The second kappa shape index (κ2) is 7.61. The Morgan fingerprint density at radius 3 is 2.73 bits per heavy atom. The van der Waals surface area contributed by atoms with E-state index in [2.05, 4.69) is 19.9 Å². The first-order chi connectivity index (χ1) is 14.7. The molecule has 1 saturated heterocycles. The summed E-state index contributed by atoms with van der Waals surface area (Å²) in [7, 11) is 0. The number of H-pyrrole nitrogens is 1. The van der Waals surface area contributed by atoms with Gasteiger partial charge in [0.2, 0.25) is 0 Å². The topological polar surface area (TPSA) is 74.2 Å². The number of imidazole rings is 1. The van der Waals surface area contributed by atoms with E-state index in [4.69, 9.17) is 0 Å². The Balaban J connectivity index is 1.56. The van der Waals surface area contributed by atoms with Crippen molar-refractivity contribution in [2.24, 2.45) is 4.99 Å². The molecule has 30 heavy (non-hydrogen) atoms. The number of rotatable bonds is 3. The number of nitrogens with one attached hydrogen (secondary N) is 1. The van der Waals surface area contributed by atoms with E-state index >= 15 is 0 Å². The number of para-hydroxylation sites is 1. The number of benzene rings is 2. The number of amidine groups is 1. The minimum Gasteiger partial charge on any atom is -0.345 e. The maximum atomic E-state index is 13.3. The molecule has 0 atom stereocenters. The van der Waals surface area contributed by atoms with E-state index in [1.165, 1.54) is 11.8 Å². The number of hydrogen-bond acceptors (Lipinski definition) is 5. The molecule has 0 saturated carbocycles. The molecule has 1 N–H and O–H groups in total. The third kappa shape index (κ3) is 3.51. The summed E-state index contributed by atoms with van der Waals surface area (Å²) >= 11 is 1.34. The van der Waals surface area contributed by atoms with Crippen molar-refractivity contribution in [2.45, 2.75) is 6.92 Å². The molecule has 2 aromatic heterocycles. The largest absolute Gasteiger partial charge is 0.345 e. The van der Waals surface area contributed by atoms with Gasteiger partial charge in [-0.15, -0.1) is 0 Å². The molecule has 6 nitrogen and oxygen atoms in total. The van der Waals surface area contributed by atoms with Crippen LogP contribution in [-0.4, -0.2) is 26.0 Å². The number of nitrogens with zero attached hydrogens (tertiary/aromatic N) is 4. The number of thioether (sulfide) groups is 1. The number of amides is 1. The first-order valence-corrected chi connectivity index (χ1v) is 10.2. The first kappa shape index (κ1) is 18.3. The molecule has 2 aromatic carbocycles. The van der Waals surface area contributed by atoms with E-state index in [1.54, 1.807) is 17.4 Å². The number of carbonyl (C=O) groups excluding carboxylic acids is 1. The fourth-order valence-corrected chi connectivity index (χ4v) is 4.16. The molecule has 1 aliphatic heterocycles. The first-order valence-electron chi connectivity index (χ1n) is 9.41. The van der Waals surface area contributed by atoms with E-state index in [9.17, 15) is 4.79 Å². The van der Waals surface area contributed by atoms with Gasteiger partial charge >= 0.3 is 0 Å². The standard InChI is InChI=1S/C23H17N5OS/c1-15-7-10-21(24-13-15)27-23-28(17-5-3-2-4-6-17)22(29)20(30-23)12-16-8-9-18-19(11-16)26-14-25-18/h2-14H,1H3,(H,25,26)/b20-12-,27-23-. The van der Waals surface area contributed by atoms with Crippen molar-refractivity contribution in [3.63, 3.8) is 0 Å². The molecular weight excluding hydrogens is 394 g/mol. The smallest absolute Gasteiger partial charge is 0.271 e. The lowest BCUT2D eigenvalue weighted by molar-refractivity contribution is -0.113. The maximum absolute atomic E-state index is 13.3. The summed E-state index contributed by atoms with van der Waals surface area (Å²) in [5.74, 6) is 0.454. The van der Waals surface area contributed by atoms with Crippen LogP contribution in [0.5, 0.6) is 0 Å². The summed E-state index contributed by atoms with van der Waals surface area (Å²) in [5, 5.41) is 0.578. The summed E-state index contributed by atoms with van der Waals surface area (Å²) in [6, 6.07) is 19.2. The number of anilines is 1. The highest BCUT2D eigenvalue weighted by Gasteiger charge is 2.34. The van der Waals surface area contributed by atoms with Crippen LogP contribution in [0, 0.1) is 6.92 Å². The molecule has 0 spiro atoms. The van der Waals surface area contributed by atoms with Crippen molar-refractivity contribution in [3.05, 3.63) is 89.2 Å². The highest BCUT2D eigenvalue weighted by Crippen LogP contribution is 2.37. The van der Waals surface area contributed by atoms with Crippen LogP contribution in [0.1, 0.15) is 11.1 Å². The Bertz CT molecular complexity index is 1290. The Morgan fingerprint density at radius 2 is 1.93 bits per heavy atom.